The van der Waals surface area contributed by atoms with Crippen LogP contribution in [0.3, 0.4) is 0 Å². The lowest BCUT2D eigenvalue weighted by molar-refractivity contribution is 0.324. The first-order valence-electron chi connectivity index (χ1n) is 6.56. The van der Waals surface area contributed by atoms with Crippen LogP contribution in [0.1, 0.15) is 16.7 Å². The van der Waals surface area contributed by atoms with Crippen molar-refractivity contribution in [1.82, 2.24) is 0 Å². The maximum atomic E-state index is 5.32. The van der Waals surface area contributed by atoms with E-state index >= 15 is 0 Å². The van der Waals surface area contributed by atoms with E-state index in [9.17, 15) is 0 Å². The van der Waals surface area contributed by atoms with Crippen molar-refractivity contribution in [2.24, 2.45) is 0 Å². The van der Waals surface area contributed by atoms with Gasteiger partial charge in [-0.15, -0.1) is 0 Å². The fourth-order valence-electron chi connectivity index (χ4n) is 2.02. The molecule has 0 spiro atoms. The molecule has 0 radical (unpaired) electrons. The molecule has 0 saturated heterocycles. The molecule has 0 aromatic heterocycles. The largest absolute Gasteiger partial charge is 0.493 e. The monoisotopic (exact) mass is 282 g/mol. The van der Waals surface area contributed by atoms with Gasteiger partial charge in [0.15, 0.2) is 11.5 Å². The molecule has 0 heterocycles. The first-order valence-corrected chi connectivity index (χ1v) is 6.56. The lowest BCUT2D eigenvalue weighted by atomic mass is 10.1. The molecule has 3 heteroatoms. The zero-order chi connectivity index (χ0) is 15.2. The predicted molar refractivity (Wildman–Crippen MR) is 83.3 cm³/mol. The summed E-state index contributed by atoms with van der Waals surface area (Å²) in [4.78, 5) is 0. The Bertz CT molecular complexity index is 668. The number of aryl methyl sites for hydroxylation is 1. The van der Waals surface area contributed by atoms with Crippen molar-refractivity contribution in [2.45, 2.75) is 6.92 Å². The quantitative estimate of drug-likeness (QED) is 0.807. The number of methoxy groups -OCH3 is 3. The van der Waals surface area contributed by atoms with Crippen LogP contribution in [0.2, 0.25) is 0 Å². The second-order valence-electron chi connectivity index (χ2n) is 4.53. The molecule has 0 bridgehead atoms. The summed E-state index contributed by atoms with van der Waals surface area (Å²) in [5, 5.41) is 0. The van der Waals surface area contributed by atoms with Crippen LogP contribution in [0.4, 0.5) is 0 Å². The molecular formula is C18H18O3. The molecule has 21 heavy (non-hydrogen) atoms. The fourth-order valence-corrected chi connectivity index (χ4v) is 2.02. The van der Waals surface area contributed by atoms with Crippen LogP contribution in [-0.2, 0) is 0 Å². The molecule has 2 aromatic carbocycles. The van der Waals surface area contributed by atoms with E-state index in [1.165, 1.54) is 5.56 Å². The standard InChI is InChI=1S/C18H18O3/c1-13-6-5-7-14(10-13)8-9-15-11-16(19-2)18(21-4)17(12-15)20-3/h5-7,10-12H,1-4H3. The number of hydrogen-bond donors (Lipinski definition) is 0. The smallest absolute Gasteiger partial charge is 0.203 e. The molecule has 0 unspecified atom stereocenters. The normalized spacial score (nSPS) is 9.52. The average Bonchev–Trinajstić information content (AvgIpc) is 2.51. The van der Waals surface area contributed by atoms with Crippen molar-refractivity contribution in [3.63, 3.8) is 0 Å². The second kappa shape index (κ2) is 6.71. The van der Waals surface area contributed by atoms with E-state index in [0.29, 0.717) is 17.2 Å². The highest BCUT2D eigenvalue weighted by Crippen LogP contribution is 2.37. The molecule has 0 fully saturated rings. The van der Waals surface area contributed by atoms with Crippen molar-refractivity contribution in [3.05, 3.63) is 53.1 Å². The number of ether oxygens (including phenoxy) is 3. The van der Waals surface area contributed by atoms with Crippen LogP contribution in [0.5, 0.6) is 17.2 Å². The molecule has 2 rings (SSSR count). The molecule has 0 aliphatic carbocycles. The van der Waals surface area contributed by atoms with E-state index in [2.05, 4.69) is 11.8 Å². The third kappa shape index (κ3) is 3.49. The Hall–Kier alpha value is -2.60. The van der Waals surface area contributed by atoms with Gasteiger partial charge in [0.05, 0.1) is 21.3 Å². The molecule has 2 aromatic rings. The SMILES string of the molecule is COc1cc(C#Cc2cccc(C)c2)cc(OC)c1OC. The molecule has 0 amide bonds. The minimum Gasteiger partial charge on any atom is -0.493 e. The van der Waals surface area contributed by atoms with E-state index < -0.39 is 0 Å². The molecule has 0 atom stereocenters. The van der Waals surface area contributed by atoms with Crippen molar-refractivity contribution in [2.75, 3.05) is 21.3 Å². The van der Waals surface area contributed by atoms with E-state index in [1.807, 2.05) is 43.3 Å². The minimum absolute atomic E-state index is 0.570. The van der Waals surface area contributed by atoms with Gasteiger partial charge in [-0.25, -0.2) is 0 Å². The molecule has 0 aliphatic heterocycles. The van der Waals surface area contributed by atoms with Crippen LogP contribution >= 0.6 is 0 Å². The van der Waals surface area contributed by atoms with Gasteiger partial charge in [-0.2, -0.15) is 0 Å². The van der Waals surface area contributed by atoms with Gasteiger partial charge in [0.2, 0.25) is 5.75 Å². The van der Waals surface area contributed by atoms with Gasteiger partial charge < -0.3 is 14.2 Å². The van der Waals surface area contributed by atoms with Gasteiger partial charge in [0, 0.05) is 11.1 Å². The predicted octanol–water partition coefficient (Wildman–Crippen LogP) is 3.42. The van der Waals surface area contributed by atoms with Crippen LogP contribution in [0.15, 0.2) is 36.4 Å². The zero-order valence-electron chi connectivity index (χ0n) is 12.7. The number of benzene rings is 2. The lowest BCUT2D eigenvalue weighted by Crippen LogP contribution is -1.95. The minimum atomic E-state index is 0.570. The Labute approximate surface area is 125 Å². The Kier molecular flexibility index (Phi) is 4.73. The van der Waals surface area contributed by atoms with E-state index in [1.54, 1.807) is 21.3 Å². The second-order valence-corrected chi connectivity index (χ2v) is 4.53. The van der Waals surface area contributed by atoms with Crippen LogP contribution < -0.4 is 14.2 Å². The topological polar surface area (TPSA) is 27.7 Å². The molecule has 0 aliphatic rings. The maximum absolute atomic E-state index is 5.32. The Morgan fingerprint density at radius 1 is 0.762 bits per heavy atom. The summed E-state index contributed by atoms with van der Waals surface area (Å²) in [5.41, 5.74) is 2.97. The first kappa shape index (κ1) is 14.8. The summed E-state index contributed by atoms with van der Waals surface area (Å²) in [6, 6.07) is 11.7. The molecule has 108 valence electrons. The van der Waals surface area contributed by atoms with Gasteiger partial charge in [-0.05, 0) is 36.8 Å². The molecule has 0 N–H and O–H groups in total. The summed E-state index contributed by atoms with van der Waals surface area (Å²) in [7, 11) is 4.77. The highest BCUT2D eigenvalue weighted by molar-refractivity contribution is 5.58. The summed E-state index contributed by atoms with van der Waals surface area (Å²) >= 11 is 0. The summed E-state index contributed by atoms with van der Waals surface area (Å²) in [6.07, 6.45) is 0. The Morgan fingerprint density at radius 3 is 1.90 bits per heavy atom. The van der Waals surface area contributed by atoms with E-state index in [0.717, 1.165) is 11.1 Å². The van der Waals surface area contributed by atoms with Gasteiger partial charge >= 0.3 is 0 Å². The highest BCUT2D eigenvalue weighted by Gasteiger charge is 2.12. The van der Waals surface area contributed by atoms with Crippen molar-refractivity contribution in [1.29, 1.82) is 0 Å². The van der Waals surface area contributed by atoms with Gasteiger partial charge in [0.25, 0.3) is 0 Å². The van der Waals surface area contributed by atoms with Gasteiger partial charge in [-0.3, -0.25) is 0 Å². The third-order valence-electron chi connectivity index (χ3n) is 3.03. The molecule has 3 nitrogen and oxygen atoms in total. The lowest BCUT2D eigenvalue weighted by Gasteiger charge is -2.12. The van der Waals surface area contributed by atoms with Crippen molar-refractivity contribution in [3.8, 4) is 29.1 Å². The Balaban J connectivity index is 2.42. The van der Waals surface area contributed by atoms with Crippen molar-refractivity contribution >= 4 is 0 Å². The van der Waals surface area contributed by atoms with Gasteiger partial charge in [-0.1, -0.05) is 24.0 Å². The van der Waals surface area contributed by atoms with Crippen molar-refractivity contribution < 1.29 is 14.2 Å². The zero-order valence-corrected chi connectivity index (χ0v) is 12.7. The van der Waals surface area contributed by atoms with Crippen LogP contribution in [0.25, 0.3) is 0 Å². The van der Waals surface area contributed by atoms with Crippen LogP contribution in [0, 0.1) is 18.8 Å². The third-order valence-corrected chi connectivity index (χ3v) is 3.03. The summed E-state index contributed by atoms with van der Waals surface area (Å²) in [5.74, 6) is 8.04. The van der Waals surface area contributed by atoms with E-state index in [-0.39, 0.29) is 0 Å². The Morgan fingerprint density at radius 2 is 1.38 bits per heavy atom. The van der Waals surface area contributed by atoms with Crippen LogP contribution in [-0.4, -0.2) is 21.3 Å². The number of rotatable bonds is 3. The highest BCUT2D eigenvalue weighted by atomic mass is 16.5. The van der Waals surface area contributed by atoms with E-state index in [4.69, 9.17) is 14.2 Å². The molecular weight excluding hydrogens is 264 g/mol. The average molecular weight is 282 g/mol. The fraction of sp³-hybridized carbons (Fsp3) is 0.222. The molecule has 0 saturated carbocycles. The number of hydrogen-bond acceptors (Lipinski definition) is 3. The summed E-state index contributed by atoms with van der Waals surface area (Å²) < 4.78 is 15.9. The summed E-state index contributed by atoms with van der Waals surface area (Å²) in [6.45, 7) is 2.05. The first-order chi connectivity index (χ1) is 10.2. The van der Waals surface area contributed by atoms with Gasteiger partial charge in [0.1, 0.15) is 0 Å². The maximum Gasteiger partial charge on any atom is 0.203 e.